The lowest BCUT2D eigenvalue weighted by molar-refractivity contribution is -0.188. The summed E-state index contributed by atoms with van der Waals surface area (Å²) >= 11 is 0. The summed E-state index contributed by atoms with van der Waals surface area (Å²) in [6.45, 7) is 3.74. The molecule has 1 aliphatic rings. The van der Waals surface area contributed by atoms with Crippen LogP contribution < -0.4 is 10.1 Å². The number of hydrogen-bond donors (Lipinski definition) is 1. The van der Waals surface area contributed by atoms with Gasteiger partial charge in [-0.3, -0.25) is 14.4 Å². The fourth-order valence-corrected chi connectivity index (χ4v) is 3.17. The quantitative estimate of drug-likeness (QED) is 0.837. The van der Waals surface area contributed by atoms with Gasteiger partial charge in [-0.1, -0.05) is 5.21 Å². The highest BCUT2D eigenvalue weighted by molar-refractivity contribution is 5.86. The van der Waals surface area contributed by atoms with E-state index >= 15 is 0 Å². The van der Waals surface area contributed by atoms with Crippen LogP contribution in [0.25, 0.3) is 11.3 Å². The minimum atomic E-state index is -0.635. The molecule has 1 saturated heterocycles. The Labute approximate surface area is 157 Å². The van der Waals surface area contributed by atoms with Crippen LogP contribution in [0.2, 0.25) is 0 Å². The van der Waals surface area contributed by atoms with Gasteiger partial charge in [-0.25, -0.2) is 9.75 Å². The standard InChI is InChI=1S/C18H23N5O4/c1-11-7-13(26-4)5-6-15(11)16-10-22(21-20-16)9-14-8-17(18(25)19-3)23(27-14)12(2)24/h5-7,10,14,17H,8-9H2,1-4H3,(H,19,25)/t14-,17-/m0/s1. The predicted octanol–water partition coefficient (Wildman–Crippen LogP) is 0.929. The summed E-state index contributed by atoms with van der Waals surface area (Å²) < 4.78 is 6.89. The summed E-state index contributed by atoms with van der Waals surface area (Å²) in [5, 5.41) is 12.1. The number of nitrogens with one attached hydrogen (secondary N) is 1. The highest BCUT2D eigenvalue weighted by atomic mass is 16.7. The fourth-order valence-electron chi connectivity index (χ4n) is 3.17. The number of aromatic nitrogens is 3. The Bertz CT molecular complexity index is 850. The fraction of sp³-hybridized carbons (Fsp3) is 0.444. The van der Waals surface area contributed by atoms with Gasteiger partial charge in [0.1, 0.15) is 23.6 Å². The smallest absolute Gasteiger partial charge is 0.245 e. The molecule has 1 aromatic heterocycles. The Morgan fingerprint density at radius 1 is 1.41 bits per heavy atom. The van der Waals surface area contributed by atoms with E-state index in [4.69, 9.17) is 9.57 Å². The van der Waals surface area contributed by atoms with Gasteiger partial charge in [0.15, 0.2) is 0 Å². The van der Waals surface area contributed by atoms with Crippen LogP contribution in [0.4, 0.5) is 0 Å². The summed E-state index contributed by atoms with van der Waals surface area (Å²) in [6, 6.07) is 5.12. The number of aryl methyl sites for hydroxylation is 1. The Morgan fingerprint density at radius 3 is 2.81 bits per heavy atom. The Kier molecular flexibility index (Phi) is 5.41. The molecule has 1 fully saturated rings. The zero-order chi connectivity index (χ0) is 19.6. The molecule has 2 atom stereocenters. The van der Waals surface area contributed by atoms with Crippen molar-refractivity contribution in [3.8, 4) is 17.0 Å². The molecule has 1 N–H and O–H groups in total. The number of benzene rings is 1. The van der Waals surface area contributed by atoms with Crippen molar-refractivity contribution in [2.24, 2.45) is 0 Å². The Hall–Kier alpha value is -2.94. The third-order valence-corrected chi connectivity index (χ3v) is 4.53. The molecular formula is C18H23N5O4. The van der Waals surface area contributed by atoms with Crippen molar-refractivity contribution in [3.05, 3.63) is 30.0 Å². The van der Waals surface area contributed by atoms with Crippen LogP contribution in [-0.4, -0.2) is 58.2 Å². The van der Waals surface area contributed by atoms with Crippen molar-refractivity contribution >= 4 is 11.8 Å². The van der Waals surface area contributed by atoms with Gasteiger partial charge in [-0.05, 0) is 30.7 Å². The Morgan fingerprint density at radius 2 is 2.19 bits per heavy atom. The normalized spacial score (nSPS) is 19.2. The number of rotatable bonds is 5. The highest BCUT2D eigenvalue weighted by Crippen LogP contribution is 2.26. The second-order valence-corrected chi connectivity index (χ2v) is 6.44. The molecule has 144 valence electrons. The van der Waals surface area contributed by atoms with E-state index < -0.39 is 6.04 Å². The second kappa shape index (κ2) is 7.75. The molecular weight excluding hydrogens is 350 g/mol. The summed E-state index contributed by atoms with van der Waals surface area (Å²) in [6.07, 6.45) is 1.88. The summed E-state index contributed by atoms with van der Waals surface area (Å²) in [7, 11) is 3.16. The molecule has 0 aliphatic carbocycles. The average molecular weight is 373 g/mol. The van der Waals surface area contributed by atoms with E-state index in [1.807, 2.05) is 31.3 Å². The number of hydroxylamine groups is 2. The monoisotopic (exact) mass is 373 g/mol. The van der Waals surface area contributed by atoms with Crippen LogP contribution in [0, 0.1) is 6.92 Å². The van der Waals surface area contributed by atoms with E-state index in [0.717, 1.165) is 27.6 Å². The van der Waals surface area contributed by atoms with E-state index in [1.165, 1.54) is 14.0 Å². The van der Waals surface area contributed by atoms with Crippen LogP contribution in [0.5, 0.6) is 5.75 Å². The lowest BCUT2D eigenvalue weighted by Crippen LogP contribution is -2.43. The minimum absolute atomic E-state index is 0.249. The van der Waals surface area contributed by atoms with Gasteiger partial charge < -0.3 is 10.1 Å². The maximum absolute atomic E-state index is 12.0. The number of amides is 2. The molecule has 0 unspecified atom stereocenters. The van der Waals surface area contributed by atoms with Crippen LogP contribution in [-0.2, 0) is 21.0 Å². The molecule has 27 heavy (non-hydrogen) atoms. The Balaban J connectivity index is 1.73. The lowest BCUT2D eigenvalue weighted by atomic mass is 10.1. The number of methoxy groups -OCH3 is 1. The summed E-state index contributed by atoms with van der Waals surface area (Å²) in [5.41, 5.74) is 2.73. The van der Waals surface area contributed by atoms with Crippen molar-refractivity contribution in [1.82, 2.24) is 25.4 Å². The molecule has 3 rings (SSSR count). The van der Waals surface area contributed by atoms with Crippen molar-refractivity contribution in [2.75, 3.05) is 14.2 Å². The van der Waals surface area contributed by atoms with Gasteiger partial charge >= 0.3 is 0 Å². The van der Waals surface area contributed by atoms with Crippen molar-refractivity contribution in [1.29, 1.82) is 0 Å². The molecule has 0 bridgehead atoms. The van der Waals surface area contributed by atoms with Gasteiger partial charge in [-0.2, -0.15) is 0 Å². The van der Waals surface area contributed by atoms with E-state index in [1.54, 1.807) is 11.8 Å². The predicted molar refractivity (Wildman–Crippen MR) is 96.6 cm³/mol. The molecule has 2 heterocycles. The van der Waals surface area contributed by atoms with E-state index in [-0.39, 0.29) is 17.9 Å². The van der Waals surface area contributed by atoms with Gasteiger partial charge in [0.2, 0.25) is 11.8 Å². The summed E-state index contributed by atoms with van der Waals surface area (Å²) in [5.74, 6) is 0.229. The average Bonchev–Trinajstić information content (AvgIpc) is 3.28. The van der Waals surface area contributed by atoms with Gasteiger partial charge in [0.05, 0.1) is 19.9 Å². The number of hydrogen-bond acceptors (Lipinski definition) is 6. The van der Waals surface area contributed by atoms with Gasteiger partial charge in [-0.15, -0.1) is 5.10 Å². The first-order valence-corrected chi connectivity index (χ1v) is 8.66. The number of carbonyl (C=O) groups excluding carboxylic acids is 2. The lowest BCUT2D eigenvalue weighted by Gasteiger charge is -2.19. The van der Waals surface area contributed by atoms with Crippen LogP contribution in [0.3, 0.4) is 0 Å². The molecule has 1 aliphatic heterocycles. The number of carbonyl (C=O) groups is 2. The van der Waals surface area contributed by atoms with E-state index in [9.17, 15) is 9.59 Å². The minimum Gasteiger partial charge on any atom is -0.497 e. The van der Waals surface area contributed by atoms with Crippen molar-refractivity contribution in [3.63, 3.8) is 0 Å². The number of nitrogens with zero attached hydrogens (tertiary/aromatic N) is 4. The molecule has 9 heteroatoms. The maximum Gasteiger partial charge on any atom is 0.245 e. The van der Waals surface area contributed by atoms with Crippen LogP contribution in [0.1, 0.15) is 18.9 Å². The topological polar surface area (TPSA) is 98.6 Å². The maximum atomic E-state index is 12.0. The zero-order valence-electron chi connectivity index (χ0n) is 15.8. The largest absolute Gasteiger partial charge is 0.497 e. The van der Waals surface area contributed by atoms with Crippen molar-refractivity contribution < 1.29 is 19.2 Å². The van der Waals surface area contributed by atoms with Gasteiger partial charge in [0.25, 0.3) is 0 Å². The van der Waals surface area contributed by atoms with E-state index in [2.05, 4.69) is 15.6 Å². The molecule has 1 aromatic carbocycles. The van der Waals surface area contributed by atoms with Crippen LogP contribution in [0.15, 0.2) is 24.4 Å². The number of ether oxygens (including phenoxy) is 1. The molecule has 9 nitrogen and oxygen atoms in total. The first kappa shape index (κ1) is 18.8. The van der Waals surface area contributed by atoms with Crippen molar-refractivity contribution in [2.45, 2.75) is 39.0 Å². The highest BCUT2D eigenvalue weighted by Gasteiger charge is 2.39. The van der Waals surface area contributed by atoms with E-state index in [0.29, 0.717) is 13.0 Å². The summed E-state index contributed by atoms with van der Waals surface area (Å²) in [4.78, 5) is 29.4. The second-order valence-electron chi connectivity index (χ2n) is 6.44. The van der Waals surface area contributed by atoms with Crippen LogP contribution >= 0.6 is 0 Å². The zero-order valence-corrected chi connectivity index (χ0v) is 15.8. The first-order chi connectivity index (χ1) is 12.9. The third kappa shape index (κ3) is 3.92. The molecule has 0 saturated carbocycles. The molecule has 0 spiro atoms. The van der Waals surface area contributed by atoms with Gasteiger partial charge in [0, 0.05) is 26.0 Å². The number of likely N-dealkylation sites (N-methyl/N-ethyl adjacent to an activating group) is 1. The molecule has 2 amide bonds. The third-order valence-electron chi connectivity index (χ3n) is 4.53. The molecule has 0 radical (unpaired) electrons. The molecule has 2 aromatic rings. The SMILES string of the molecule is CNC(=O)[C@@H]1C[C@@H](Cn2cc(-c3ccc(OC)cc3C)nn2)ON1C(C)=O. The first-order valence-electron chi connectivity index (χ1n) is 8.66.